The first-order valence-electron chi connectivity index (χ1n) is 12.3. The summed E-state index contributed by atoms with van der Waals surface area (Å²) in [7, 11) is 0. The number of fused-ring (bicyclic) bond motifs is 1. The molecule has 5 rings (SSSR count). The molecular formula is C25H26ClN9O3S. The van der Waals surface area contributed by atoms with E-state index in [1.165, 1.54) is 18.6 Å². The van der Waals surface area contributed by atoms with Crippen molar-refractivity contribution in [2.45, 2.75) is 43.0 Å². The number of hydrogen-bond acceptors (Lipinski definition) is 11. The summed E-state index contributed by atoms with van der Waals surface area (Å²) >= 11 is 7.74. The minimum atomic E-state index is -0.869. The van der Waals surface area contributed by atoms with Crippen LogP contribution in [0.15, 0.2) is 51.5 Å². The Bertz CT molecular complexity index is 1620. The first-order chi connectivity index (χ1) is 18.7. The van der Waals surface area contributed by atoms with Gasteiger partial charge < -0.3 is 21.1 Å². The van der Waals surface area contributed by atoms with Crippen molar-refractivity contribution in [2.75, 3.05) is 29.0 Å². The fraction of sp³-hybridized carbons (Fsp3) is 0.320. The molecule has 0 unspecified atom stereocenters. The molecule has 39 heavy (non-hydrogen) atoms. The molecule has 0 saturated carbocycles. The first-order valence-corrected chi connectivity index (χ1v) is 13.5. The lowest BCUT2D eigenvalue weighted by molar-refractivity contribution is 0.102. The predicted octanol–water partition coefficient (Wildman–Crippen LogP) is 3.64. The van der Waals surface area contributed by atoms with Gasteiger partial charge in [-0.2, -0.15) is 9.97 Å². The molecule has 4 N–H and O–H groups in total. The molecule has 0 aliphatic carbocycles. The Morgan fingerprint density at radius 1 is 1.26 bits per heavy atom. The van der Waals surface area contributed by atoms with Crippen molar-refractivity contribution in [1.82, 2.24) is 29.5 Å². The zero-order valence-electron chi connectivity index (χ0n) is 21.3. The maximum Gasteiger partial charge on any atom is 0.274 e. The monoisotopic (exact) mass is 567 g/mol. The standard InChI is InChI=1S/C25H26ClN9O3S/c1-3-25(2)7-10-34(11-8-25)24-31-19(27)22(32-33-24)39-15-6-4-5-14(18(15)26)29-20(36)17-21(37)30-16-13-28-9-12-35(16)23(17)38/h4-6,9,12-13,37H,3,7-8,10-11H2,1-2H3,(H,29,36)(H2,27,31,33). The highest BCUT2D eigenvalue weighted by molar-refractivity contribution is 7.99. The Morgan fingerprint density at radius 2 is 2.03 bits per heavy atom. The van der Waals surface area contributed by atoms with Crippen LogP contribution in [-0.2, 0) is 0 Å². The number of aromatic hydroxyl groups is 1. The molecule has 4 aromatic rings. The minimum Gasteiger partial charge on any atom is -0.493 e. The van der Waals surface area contributed by atoms with Crippen molar-refractivity contribution in [3.05, 3.63) is 57.7 Å². The largest absolute Gasteiger partial charge is 0.493 e. The van der Waals surface area contributed by atoms with E-state index in [2.05, 4.69) is 49.2 Å². The van der Waals surface area contributed by atoms with E-state index in [9.17, 15) is 14.7 Å². The van der Waals surface area contributed by atoms with E-state index in [1.54, 1.807) is 18.2 Å². The maximum absolute atomic E-state index is 13.0. The normalized spacial score (nSPS) is 14.9. The van der Waals surface area contributed by atoms with E-state index in [4.69, 9.17) is 17.3 Å². The third kappa shape index (κ3) is 5.32. The highest BCUT2D eigenvalue weighted by atomic mass is 35.5. The molecule has 4 heterocycles. The number of nitrogens with two attached hydrogens (primary N) is 1. The number of nitrogens with zero attached hydrogens (tertiary/aromatic N) is 7. The Hall–Kier alpha value is -3.97. The van der Waals surface area contributed by atoms with Crippen LogP contribution in [0.1, 0.15) is 43.5 Å². The van der Waals surface area contributed by atoms with E-state index < -0.39 is 22.9 Å². The number of nitrogen functional groups attached to an aromatic ring is 1. The van der Waals surface area contributed by atoms with Crippen LogP contribution in [0.5, 0.6) is 5.88 Å². The highest BCUT2D eigenvalue weighted by Crippen LogP contribution is 2.39. The van der Waals surface area contributed by atoms with Gasteiger partial charge in [-0.25, -0.2) is 0 Å². The van der Waals surface area contributed by atoms with Crippen LogP contribution >= 0.6 is 23.4 Å². The number of carbonyl (C=O) groups excluding carboxylic acids is 1. The summed E-state index contributed by atoms with van der Waals surface area (Å²) in [5, 5.41) is 22.0. The van der Waals surface area contributed by atoms with Crippen molar-refractivity contribution in [3.63, 3.8) is 0 Å². The third-order valence-corrected chi connectivity index (χ3v) is 8.60. The fourth-order valence-electron chi connectivity index (χ4n) is 4.29. The van der Waals surface area contributed by atoms with Crippen molar-refractivity contribution >= 4 is 52.4 Å². The predicted molar refractivity (Wildman–Crippen MR) is 149 cm³/mol. The molecule has 1 amide bonds. The molecular weight excluding hydrogens is 542 g/mol. The molecule has 1 aliphatic heterocycles. The van der Waals surface area contributed by atoms with Crippen LogP contribution in [0.25, 0.3) is 5.65 Å². The lowest BCUT2D eigenvalue weighted by Crippen LogP contribution is -2.39. The van der Waals surface area contributed by atoms with E-state index >= 15 is 0 Å². The molecule has 0 atom stereocenters. The van der Waals surface area contributed by atoms with Crippen LogP contribution in [-0.4, -0.2) is 53.7 Å². The van der Waals surface area contributed by atoms with E-state index in [0.717, 1.165) is 48.5 Å². The van der Waals surface area contributed by atoms with Crippen LogP contribution < -0.4 is 21.5 Å². The number of nitrogens with one attached hydrogen (secondary N) is 1. The Balaban J connectivity index is 1.34. The van der Waals surface area contributed by atoms with Gasteiger partial charge in [-0.1, -0.05) is 49.7 Å². The molecule has 12 nitrogen and oxygen atoms in total. The number of anilines is 3. The Labute approximate surface area is 232 Å². The summed E-state index contributed by atoms with van der Waals surface area (Å²) < 4.78 is 1.11. The van der Waals surface area contributed by atoms with Gasteiger partial charge in [-0.3, -0.25) is 19.0 Å². The van der Waals surface area contributed by atoms with Gasteiger partial charge in [0.05, 0.1) is 16.9 Å². The zero-order valence-corrected chi connectivity index (χ0v) is 22.8. The van der Waals surface area contributed by atoms with Gasteiger partial charge in [-0.05, 0) is 30.4 Å². The topological polar surface area (TPSA) is 165 Å². The van der Waals surface area contributed by atoms with Crippen molar-refractivity contribution in [2.24, 2.45) is 5.41 Å². The van der Waals surface area contributed by atoms with Gasteiger partial charge in [0.2, 0.25) is 11.8 Å². The van der Waals surface area contributed by atoms with Gasteiger partial charge in [0, 0.05) is 30.4 Å². The number of halogens is 1. The number of benzene rings is 1. The molecule has 1 saturated heterocycles. The van der Waals surface area contributed by atoms with Gasteiger partial charge in [0.15, 0.2) is 22.1 Å². The Morgan fingerprint density at radius 3 is 2.74 bits per heavy atom. The number of hydrogen-bond donors (Lipinski definition) is 3. The van der Waals surface area contributed by atoms with Crippen molar-refractivity contribution in [3.8, 4) is 5.88 Å². The van der Waals surface area contributed by atoms with E-state index in [0.29, 0.717) is 21.3 Å². The molecule has 1 aromatic carbocycles. The second-order valence-corrected chi connectivity index (χ2v) is 11.0. The number of piperidine rings is 1. The molecule has 1 aliphatic rings. The SMILES string of the molecule is CCC1(C)CCN(c2nnc(Sc3cccc(NC(=O)c4c(O)nc5cnccn5c4=O)c3Cl)c(N)n2)CC1. The first kappa shape index (κ1) is 26.6. The second-order valence-electron chi connectivity index (χ2n) is 9.55. The van der Waals surface area contributed by atoms with Crippen molar-refractivity contribution < 1.29 is 9.90 Å². The summed E-state index contributed by atoms with van der Waals surface area (Å²) in [5.41, 5.74) is 5.60. The maximum atomic E-state index is 13.0. The number of carbonyl (C=O) groups is 1. The van der Waals surface area contributed by atoms with Gasteiger partial charge in [0.1, 0.15) is 0 Å². The molecule has 14 heteroatoms. The number of aromatic nitrogens is 6. The zero-order chi connectivity index (χ0) is 27.7. The average molecular weight is 568 g/mol. The lowest BCUT2D eigenvalue weighted by Gasteiger charge is -2.38. The summed E-state index contributed by atoms with van der Waals surface area (Å²) in [4.78, 5) is 40.6. The van der Waals surface area contributed by atoms with Gasteiger partial charge in [-0.15, -0.1) is 10.2 Å². The van der Waals surface area contributed by atoms with Gasteiger partial charge in [0.25, 0.3) is 11.5 Å². The number of rotatable bonds is 6. The number of amides is 1. The molecule has 1 fully saturated rings. The van der Waals surface area contributed by atoms with E-state index in [-0.39, 0.29) is 22.2 Å². The lowest BCUT2D eigenvalue weighted by atomic mass is 9.78. The molecule has 3 aromatic heterocycles. The summed E-state index contributed by atoms with van der Waals surface area (Å²) in [6.07, 6.45) is 7.25. The van der Waals surface area contributed by atoms with E-state index in [1.807, 2.05) is 0 Å². The third-order valence-electron chi connectivity index (χ3n) is 7.04. The van der Waals surface area contributed by atoms with Crippen LogP contribution in [0, 0.1) is 5.41 Å². The molecule has 0 radical (unpaired) electrons. The Kier molecular flexibility index (Phi) is 7.28. The van der Waals surface area contributed by atoms with Crippen LogP contribution in [0.3, 0.4) is 0 Å². The molecule has 0 bridgehead atoms. The summed E-state index contributed by atoms with van der Waals surface area (Å²) in [6, 6.07) is 4.96. The molecule has 202 valence electrons. The quantitative estimate of drug-likeness (QED) is 0.311. The second kappa shape index (κ2) is 10.7. The fourth-order valence-corrected chi connectivity index (χ4v) is 5.36. The minimum absolute atomic E-state index is 0.103. The summed E-state index contributed by atoms with van der Waals surface area (Å²) in [6.45, 7) is 6.20. The highest BCUT2D eigenvalue weighted by Gasteiger charge is 2.30. The van der Waals surface area contributed by atoms with Crippen LogP contribution in [0.4, 0.5) is 17.5 Å². The van der Waals surface area contributed by atoms with Gasteiger partial charge >= 0.3 is 0 Å². The van der Waals surface area contributed by atoms with Crippen LogP contribution in [0.2, 0.25) is 5.02 Å². The smallest absolute Gasteiger partial charge is 0.274 e. The average Bonchev–Trinajstić information content (AvgIpc) is 2.92. The van der Waals surface area contributed by atoms with Crippen molar-refractivity contribution in [1.29, 1.82) is 0 Å². The summed E-state index contributed by atoms with van der Waals surface area (Å²) in [5.74, 6) is -0.873. The molecule has 0 spiro atoms.